The highest BCUT2D eigenvalue weighted by Crippen LogP contribution is 2.22. The summed E-state index contributed by atoms with van der Waals surface area (Å²) in [5.41, 5.74) is 1.92. The minimum atomic E-state index is -3.73. The molecule has 3 aromatic rings. The summed E-state index contributed by atoms with van der Waals surface area (Å²) in [6.45, 7) is 1.83. The summed E-state index contributed by atoms with van der Waals surface area (Å²) >= 11 is 0. The SMILES string of the molecule is Cc1ccc(S(=O)(=O)N(C)c2ccc(C(=O)NCc3cc(F)cc(F)c3)cc2)cc1. The molecular weight excluding hydrogens is 410 g/mol. The van der Waals surface area contributed by atoms with E-state index in [4.69, 9.17) is 0 Å². The van der Waals surface area contributed by atoms with Crippen molar-refractivity contribution in [2.24, 2.45) is 0 Å². The zero-order valence-corrected chi connectivity index (χ0v) is 17.2. The number of amides is 1. The topological polar surface area (TPSA) is 66.5 Å². The van der Waals surface area contributed by atoms with Crippen LogP contribution >= 0.6 is 0 Å². The van der Waals surface area contributed by atoms with Crippen molar-refractivity contribution >= 4 is 21.6 Å². The summed E-state index contributed by atoms with van der Waals surface area (Å²) in [5.74, 6) is -1.89. The van der Waals surface area contributed by atoms with Crippen LogP contribution in [0, 0.1) is 18.6 Å². The van der Waals surface area contributed by atoms with Crippen LogP contribution in [0.3, 0.4) is 0 Å². The molecule has 3 rings (SSSR count). The van der Waals surface area contributed by atoms with Crippen LogP contribution in [0.2, 0.25) is 0 Å². The van der Waals surface area contributed by atoms with E-state index in [1.54, 1.807) is 12.1 Å². The Labute approximate surface area is 174 Å². The van der Waals surface area contributed by atoms with Crippen LogP contribution in [0.15, 0.2) is 71.6 Å². The van der Waals surface area contributed by atoms with E-state index in [2.05, 4.69) is 5.32 Å². The normalized spacial score (nSPS) is 11.2. The molecule has 0 bridgehead atoms. The highest BCUT2D eigenvalue weighted by atomic mass is 32.2. The first-order valence-electron chi connectivity index (χ1n) is 9.05. The molecule has 30 heavy (non-hydrogen) atoms. The summed E-state index contributed by atoms with van der Waals surface area (Å²) in [7, 11) is -2.30. The van der Waals surface area contributed by atoms with Gasteiger partial charge in [-0.1, -0.05) is 17.7 Å². The smallest absolute Gasteiger partial charge is 0.264 e. The summed E-state index contributed by atoms with van der Waals surface area (Å²) in [6.07, 6.45) is 0. The fraction of sp³-hybridized carbons (Fsp3) is 0.136. The molecule has 0 aliphatic heterocycles. The van der Waals surface area contributed by atoms with Crippen LogP contribution in [0.4, 0.5) is 14.5 Å². The Balaban J connectivity index is 1.70. The fourth-order valence-electron chi connectivity index (χ4n) is 2.83. The number of hydrogen-bond acceptors (Lipinski definition) is 3. The van der Waals surface area contributed by atoms with Crippen LogP contribution in [0.25, 0.3) is 0 Å². The van der Waals surface area contributed by atoms with Crippen molar-refractivity contribution in [1.29, 1.82) is 0 Å². The number of nitrogens with zero attached hydrogens (tertiary/aromatic N) is 1. The summed E-state index contributed by atoms with van der Waals surface area (Å²) < 4.78 is 53.1. The number of sulfonamides is 1. The largest absolute Gasteiger partial charge is 0.348 e. The first-order valence-corrected chi connectivity index (χ1v) is 10.5. The molecule has 0 spiro atoms. The lowest BCUT2D eigenvalue weighted by molar-refractivity contribution is 0.0951. The lowest BCUT2D eigenvalue weighted by atomic mass is 10.1. The van der Waals surface area contributed by atoms with Gasteiger partial charge in [0.05, 0.1) is 10.6 Å². The number of carbonyl (C=O) groups excluding carboxylic acids is 1. The third-order valence-electron chi connectivity index (χ3n) is 4.55. The molecule has 0 aliphatic carbocycles. The molecule has 0 saturated carbocycles. The van der Waals surface area contributed by atoms with Crippen LogP contribution in [0.5, 0.6) is 0 Å². The van der Waals surface area contributed by atoms with Gasteiger partial charge in [0.2, 0.25) is 0 Å². The number of aryl methyl sites for hydroxylation is 1. The van der Waals surface area contributed by atoms with Gasteiger partial charge in [-0.3, -0.25) is 9.10 Å². The quantitative estimate of drug-likeness (QED) is 0.642. The van der Waals surface area contributed by atoms with Crippen molar-refractivity contribution in [2.45, 2.75) is 18.4 Å². The number of hydrogen-bond donors (Lipinski definition) is 1. The summed E-state index contributed by atoms with van der Waals surface area (Å²) in [5, 5.41) is 2.58. The van der Waals surface area contributed by atoms with Gasteiger partial charge in [-0.25, -0.2) is 17.2 Å². The monoisotopic (exact) mass is 430 g/mol. The van der Waals surface area contributed by atoms with Gasteiger partial charge in [-0.05, 0) is 61.0 Å². The maximum absolute atomic E-state index is 13.2. The second-order valence-corrected chi connectivity index (χ2v) is 8.76. The van der Waals surface area contributed by atoms with E-state index in [1.807, 2.05) is 6.92 Å². The molecule has 0 aromatic heterocycles. The van der Waals surface area contributed by atoms with Crippen LogP contribution in [0.1, 0.15) is 21.5 Å². The van der Waals surface area contributed by atoms with Crippen LogP contribution in [-0.2, 0) is 16.6 Å². The van der Waals surface area contributed by atoms with Gasteiger partial charge < -0.3 is 5.32 Å². The van der Waals surface area contributed by atoms with Crippen LogP contribution in [-0.4, -0.2) is 21.4 Å². The van der Waals surface area contributed by atoms with Gasteiger partial charge in [0, 0.05) is 25.2 Å². The van der Waals surface area contributed by atoms with Gasteiger partial charge in [0.1, 0.15) is 11.6 Å². The molecule has 3 aromatic carbocycles. The molecule has 0 atom stereocenters. The van der Waals surface area contributed by atoms with Gasteiger partial charge >= 0.3 is 0 Å². The Hall–Kier alpha value is -3.26. The molecule has 0 fully saturated rings. The zero-order valence-electron chi connectivity index (χ0n) is 16.4. The minimum Gasteiger partial charge on any atom is -0.348 e. The van der Waals surface area contributed by atoms with E-state index in [0.717, 1.165) is 28.1 Å². The summed E-state index contributed by atoms with van der Waals surface area (Å²) in [4.78, 5) is 12.5. The second kappa shape index (κ2) is 8.62. The maximum Gasteiger partial charge on any atom is 0.264 e. The Kier molecular flexibility index (Phi) is 6.17. The number of carbonyl (C=O) groups is 1. The van der Waals surface area contributed by atoms with Crippen molar-refractivity contribution in [3.63, 3.8) is 0 Å². The van der Waals surface area contributed by atoms with Crippen molar-refractivity contribution in [3.8, 4) is 0 Å². The standard InChI is InChI=1S/C22H20F2N2O3S/c1-15-3-9-21(10-4-15)30(28,29)26(2)20-7-5-17(6-8-20)22(27)25-14-16-11-18(23)13-19(24)12-16/h3-13H,14H2,1-2H3,(H,25,27). The van der Waals surface area contributed by atoms with E-state index in [9.17, 15) is 22.0 Å². The first-order chi connectivity index (χ1) is 14.2. The van der Waals surface area contributed by atoms with E-state index in [-0.39, 0.29) is 17.0 Å². The molecule has 156 valence electrons. The van der Waals surface area contributed by atoms with Crippen molar-refractivity contribution < 1.29 is 22.0 Å². The summed E-state index contributed by atoms with van der Waals surface area (Å²) in [6, 6.07) is 15.6. The van der Waals surface area contributed by atoms with Crippen LogP contribution < -0.4 is 9.62 Å². The number of anilines is 1. The van der Waals surface area contributed by atoms with Crippen molar-refractivity contribution in [3.05, 3.63) is 95.1 Å². The Bertz CT molecular complexity index is 1140. The molecule has 0 aliphatic rings. The number of benzene rings is 3. The molecule has 1 amide bonds. The predicted octanol–water partition coefficient (Wildman–Crippen LogP) is 4.03. The molecule has 0 heterocycles. The third-order valence-corrected chi connectivity index (χ3v) is 6.35. The molecule has 0 unspecified atom stereocenters. The third kappa shape index (κ3) is 4.83. The number of rotatable bonds is 6. The van der Waals surface area contributed by atoms with E-state index in [1.165, 1.54) is 43.4 Å². The average molecular weight is 430 g/mol. The lowest BCUT2D eigenvalue weighted by Gasteiger charge is -2.20. The van der Waals surface area contributed by atoms with Gasteiger partial charge in [-0.2, -0.15) is 0 Å². The molecule has 1 N–H and O–H groups in total. The highest BCUT2D eigenvalue weighted by molar-refractivity contribution is 7.92. The lowest BCUT2D eigenvalue weighted by Crippen LogP contribution is -2.27. The van der Waals surface area contributed by atoms with Crippen molar-refractivity contribution in [2.75, 3.05) is 11.4 Å². The highest BCUT2D eigenvalue weighted by Gasteiger charge is 2.21. The van der Waals surface area contributed by atoms with Gasteiger partial charge in [-0.15, -0.1) is 0 Å². The Morgan fingerprint density at radius 3 is 2.07 bits per heavy atom. The maximum atomic E-state index is 13.2. The molecule has 8 heteroatoms. The van der Waals surface area contributed by atoms with Gasteiger partial charge in [0.15, 0.2) is 0 Å². The Morgan fingerprint density at radius 2 is 1.50 bits per heavy atom. The molecule has 0 radical (unpaired) electrons. The number of halogens is 2. The fourth-order valence-corrected chi connectivity index (χ4v) is 4.02. The second-order valence-electron chi connectivity index (χ2n) is 6.79. The van der Waals surface area contributed by atoms with Crippen molar-refractivity contribution in [1.82, 2.24) is 5.32 Å². The predicted molar refractivity (Wildman–Crippen MR) is 111 cm³/mol. The molecule has 0 saturated heterocycles. The van der Waals surface area contributed by atoms with E-state index < -0.39 is 27.6 Å². The number of nitrogens with one attached hydrogen (secondary N) is 1. The van der Waals surface area contributed by atoms with E-state index in [0.29, 0.717) is 11.3 Å². The molecular formula is C22H20F2N2O3S. The first kappa shape index (κ1) is 21.4. The van der Waals surface area contributed by atoms with E-state index >= 15 is 0 Å². The minimum absolute atomic E-state index is 0.0447. The average Bonchev–Trinajstić information content (AvgIpc) is 2.71. The zero-order chi connectivity index (χ0) is 21.9. The van der Waals surface area contributed by atoms with Gasteiger partial charge in [0.25, 0.3) is 15.9 Å². The Morgan fingerprint density at radius 1 is 0.933 bits per heavy atom. The molecule has 5 nitrogen and oxygen atoms in total.